The van der Waals surface area contributed by atoms with Crippen molar-refractivity contribution in [2.24, 2.45) is 0 Å². The van der Waals surface area contributed by atoms with Gasteiger partial charge >= 0.3 is 5.69 Å². The molecule has 3 heterocycles. The first-order valence-electron chi connectivity index (χ1n) is 10.9. The first kappa shape index (κ1) is 20.3. The summed E-state index contributed by atoms with van der Waals surface area (Å²) in [6.45, 7) is 7.32. The largest absolute Gasteiger partial charge is 0.494 e. The Balaban J connectivity index is 1.81. The van der Waals surface area contributed by atoms with Crippen molar-refractivity contribution in [3.8, 4) is 11.6 Å². The topological polar surface area (TPSA) is 94.1 Å². The highest BCUT2D eigenvalue weighted by Crippen LogP contribution is 2.39. The van der Waals surface area contributed by atoms with Crippen molar-refractivity contribution in [3.05, 3.63) is 91.3 Å². The van der Waals surface area contributed by atoms with Crippen LogP contribution in [0.15, 0.2) is 52.1 Å². The van der Waals surface area contributed by atoms with E-state index in [-0.39, 0.29) is 11.4 Å². The molecule has 1 aliphatic rings. The number of nitrogens with zero attached hydrogens (tertiary/aromatic N) is 2. The van der Waals surface area contributed by atoms with E-state index in [0.717, 1.165) is 46.3 Å². The van der Waals surface area contributed by atoms with Crippen LogP contribution in [0.2, 0.25) is 0 Å². The Morgan fingerprint density at radius 1 is 1.06 bits per heavy atom. The fourth-order valence-electron chi connectivity index (χ4n) is 4.94. The maximum Gasteiger partial charge on any atom is 0.335 e. The Hall–Kier alpha value is -3.58. The van der Waals surface area contributed by atoms with Crippen LogP contribution in [0.25, 0.3) is 16.6 Å². The molecule has 0 radical (unpaired) electrons. The Morgan fingerprint density at radius 3 is 2.62 bits per heavy atom. The molecular formula is C25H26N4O3. The molecule has 7 heteroatoms. The Morgan fingerprint density at radius 2 is 1.84 bits per heavy atom. The van der Waals surface area contributed by atoms with Gasteiger partial charge in [0.2, 0.25) is 5.88 Å². The van der Waals surface area contributed by atoms with Crippen molar-refractivity contribution in [2.75, 3.05) is 13.1 Å². The van der Waals surface area contributed by atoms with E-state index in [9.17, 15) is 14.7 Å². The third-order valence-electron chi connectivity index (χ3n) is 6.75. The van der Waals surface area contributed by atoms with Gasteiger partial charge in [0.05, 0.1) is 11.7 Å². The highest BCUT2D eigenvalue weighted by atomic mass is 16.3. The van der Waals surface area contributed by atoms with E-state index in [1.54, 1.807) is 6.07 Å². The number of rotatable bonds is 3. The maximum absolute atomic E-state index is 13.1. The second-order valence-electron chi connectivity index (χ2n) is 8.39. The first-order chi connectivity index (χ1) is 15.4. The van der Waals surface area contributed by atoms with Gasteiger partial charge in [-0.3, -0.25) is 14.7 Å². The molecule has 2 aromatic heterocycles. The molecule has 0 aliphatic carbocycles. The Bertz CT molecular complexity index is 1460. The molecule has 5 rings (SSSR count). The van der Waals surface area contributed by atoms with Gasteiger partial charge in [0.25, 0.3) is 5.56 Å². The second-order valence-corrected chi connectivity index (χ2v) is 8.39. The second kappa shape index (κ2) is 7.53. The summed E-state index contributed by atoms with van der Waals surface area (Å²) in [5.74, 6) is -0.317. The Labute approximate surface area is 185 Å². The molecule has 164 valence electrons. The number of fused-ring (bicyclic) bond motifs is 3. The predicted molar refractivity (Wildman–Crippen MR) is 125 cm³/mol. The monoisotopic (exact) mass is 430 g/mol. The van der Waals surface area contributed by atoms with E-state index in [1.165, 1.54) is 4.57 Å². The summed E-state index contributed by atoms with van der Waals surface area (Å²) in [5, 5.41) is 12.5. The van der Waals surface area contributed by atoms with E-state index < -0.39 is 17.3 Å². The van der Waals surface area contributed by atoms with Crippen LogP contribution < -0.4 is 11.2 Å². The van der Waals surface area contributed by atoms with Crippen molar-refractivity contribution < 1.29 is 5.11 Å². The molecule has 2 aromatic carbocycles. The lowest BCUT2D eigenvalue weighted by atomic mass is 9.93. The zero-order valence-corrected chi connectivity index (χ0v) is 18.4. The number of nitrogens with one attached hydrogen (secondary N) is 2. The van der Waals surface area contributed by atoms with Crippen LogP contribution in [-0.4, -0.2) is 37.6 Å². The molecule has 0 spiro atoms. The van der Waals surface area contributed by atoms with Gasteiger partial charge in [0, 0.05) is 23.1 Å². The summed E-state index contributed by atoms with van der Waals surface area (Å²) in [6.07, 6.45) is 0.846. The molecule has 0 amide bonds. The number of likely N-dealkylation sites (N-methyl/N-ethyl adjacent to an activating group) is 1. The van der Waals surface area contributed by atoms with Crippen molar-refractivity contribution in [1.29, 1.82) is 0 Å². The lowest BCUT2D eigenvalue weighted by molar-refractivity contribution is 0.215. The number of aromatic hydroxyl groups is 1. The average Bonchev–Trinajstić information content (AvgIpc) is 3.15. The number of para-hydroxylation sites is 1. The summed E-state index contributed by atoms with van der Waals surface area (Å²) in [6, 6.07) is 13.1. The van der Waals surface area contributed by atoms with Crippen molar-refractivity contribution in [3.63, 3.8) is 0 Å². The number of benzene rings is 2. The van der Waals surface area contributed by atoms with Crippen LogP contribution in [0.3, 0.4) is 0 Å². The van der Waals surface area contributed by atoms with Gasteiger partial charge < -0.3 is 10.1 Å². The van der Waals surface area contributed by atoms with Gasteiger partial charge in [-0.15, -0.1) is 0 Å². The lowest BCUT2D eigenvalue weighted by Gasteiger charge is -2.35. The third-order valence-corrected chi connectivity index (χ3v) is 6.75. The summed E-state index contributed by atoms with van der Waals surface area (Å²) < 4.78 is 1.21. The molecule has 0 unspecified atom stereocenters. The minimum absolute atomic E-state index is 0.180. The molecule has 0 bridgehead atoms. The zero-order chi connectivity index (χ0) is 22.6. The average molecular weight is 431 g/mol. The summed E-state index contributed by atoms with van der Waals surface area (Å²) in [4.78, 5) is 34.0. The van der Waals surface area contributed by atoms with Gasteiger partial charge in [0.1, 0.15) is 5.56 Å². The lowest BCUT2D eigenvalue weighted by Crippen LogP contribution is -2.41. The van der Waals surface area contributed by atoms with Crippen LogP contribution >= 0.6 is 0 Å². The molecule has 0 fully saturated rings. The normalized spacial score (nSPS) is 16.4. The number of aromatic nitrogens is 3. The van der Waals surface area contributed by atoms with Crippen LogP contribution in [0.5, 0.6) is 5.88 Å². The number of aromatic amines is 2. The van der Waals surface area contributed by atoms with Crippen LogP contribution in [0.1, 0.15) is 40.9 Å². The molecule has 7 nitrogen and oxygen atoms in total. The van der Waals surface area contributed by atoms with Crippen molar-refractivity contribution >= 4 is 10.9 Å². The van der Waals surface area contributed by atoms with E-state index in [2.05, 4.69) is 20.9 Å². The van der Waals surface area contributed by atoms with Gasteiger partial charge in [0.15, 0.2) is 0 Å². The highest BCUT2D eigenvalue weighted by molar-refractivity contribution is 5.85. The fourth-order valence-corrected chi connectivity index (χ4v) is 4.94. The SMILES string of the molecule is CCN1CCc2c([nH]c3ccccc23)[C@H]1c1c(O)n(-c2cccc(C)c2C)c(=O)[nH]c1=O. The van der Waals surface area contributed by atoms with Crippen LogP contribution in [-0.2, 0) is 6.42 Å². The molecular weight excluding hydrogens is 404 g/mol. The molecule has 3 N–H and O–H groups in total. The van der Waals surface area contributed by atoms with Crippen molar-refractivity contribution in [1.82, 2.24) is 19.4 Å². The van der Waals surface area contributed by atoms with Crippen molar-refractivity contribution in [2.45, 2.75) is 33.2 Å². The van der Waals surface area contributed by atoms with Gasteiger partial charge in [-0.2, -0.15) is 0 Å². The molecule has 32 heavy (non-hydrogen) atoms. The first-order valence-corrected chi connectivity index (χ1v) is 10.9. The number of hydrogen-bond donors (Lipinski definition) is 3. The van der Waals surface area contributed by atoms with E-state index in [0.29, 0.717) is 12.2 Å². The van der Waals surface area contributed by atoms with Crippen LogP contribution in [0, 0.1) is 13.8 Å². The molecule has 0 saturated heterocycles. The molecule has 0 saturated carbocycles. The summed E-state index contributed by atoms with van der Waals surface area (Å²) >= 11 is 0. The number of hydrogen-bond acceptors (Lipinski definition) is 4. The minimum atomic E-state index is -0.652. The van der Waals surface area contributed by atoms with Crippen LogP contribution in [0.4, 0.5) is 0 Å². The smallest absolute Gasteiger partial charge is 0.335 e. The summed E-state index contributed by atoms with van der Waals surface area (Å²) in [7, 11) is 0. The summed E-state index contributed by atoms with van der Waals surface area (Å²) in [5.41, 5.74) is 4.42. The molecule has 4 aromatic rings. The predicted octanol–water partition coefficient (Wildman–Crippen LogP) is 3.30. The van der Waals surface area contributed by atoms with Gasteiger partial charge in [-0.1, -0.05) is 37.3 Å². The number of H-pyrrole nitrogens is 2. The van der Waals surface area contributed by atoms with E-state index in [4.69, 9.17) is 0 Å². The molecule has 1 atom stereocenters. The van der Waals surface area contributed by atoms with E-state index >= 15 is 0 Å². The maximum atomic E-state index is 13.1. The van der Waals surface area contributed by atoms with E-state index in [1.807, 2.05) is 51.1 Å². The minimum Gasteiger partial charge on any atom is -0.494 e. The quantitative estimate of drug-likeness (QED) is 0.465. The number of aryl methyl sites for hydroxylation is 1. The van der Waals surface area contributed by atoms with Gasteiger partial charge in [-0.05, 0) is 55.6 Å². The highest BCUT2D eigenvalue weighted by Gasteiger charge is 2.35. The standard InChI is InChI=1S/C25H26N4O3/c1-4-28-13-12-17-16-9-5-6-10-18(16)26-21(17)22(28)20-23(30)27-25(32)29(24(20)31)19-11-7-8-14(2)15(19)3/h5-11,22,26,31H,4,12-13H2,1-3H3,(H,27,30,32)/t22-/m1/s1. The van der Waals surface area contributed by atoms with Gasteiger partial charge in [-0.25, -0.2) is 9.36 Å². The Kier molecular flexibility index (Phi) is 4.78. The third kappa shape index (κ3) is 2.92. The fraction of sp³-hybridized carbons (Fsp3) is 0.280. The zero-order valence-electron chi connectivity index (χ0n) is 18.4. The molecule has 1 aliphatic heterocycles.